The van der Waals surface area contributed by atoms with E-state index in [9.17, 15) is 0 Å². The molecule has 17 heavy (non-hydrogen) atoms. The van der Waals surface area contributed by atoms with Crippen LogP contribution in [0.3, 0.4) is 0 Å². The van der Waals surface area contributed by atoms with E-state index in [1.807, 2.05) is 13.8 Å². The van der Waals surface area contributed by atoms with E-state index in [4.69, 9.17) is 0 Å². The number of rotatable bonds is 2. The van der Waals surface area contributed by atoms with Crippen LogP contribution in [0.1, 0.15) is 70.4 Å². The summed E-state index contributed by atoms with van der Waals surface area (Å²) in [7, 11) is 0. The molecule has 0 nitrogen and oxygen atoms in total. The van der Waals surface area contributed by atoms with Crippen molar-refractivity contribution in [3.05, 3.63) is 35.4 Å². The Labute approximate surface area is 107 Å². The van der Waals surface area contributed by atoms with E-state index in [1.54, 1.807) is 5.56 Å². The van der Waals surface area contributed by atoms with E-state index in [1.165, 1.54) is 31.2 Å². The van der Waals surface area contributed by atoms with Crippen LogP contribution in [-0.2, 0) is 6.42 Å². The highest BCUT2D eigenvalue weighted by molar-refractivity contribution is 5.25. The predicted molar refractivity (Wildman–Crippen MR) is 77.5 cm³/mol. The molecule has 0 atom stereocenters. The fourth-order valence-electron chi connectivity index (χ4n) is 2.62. The monoisotopic (exact) mass is 232 g/mol. The average molecular weight is 232 g/mol. The Morgan fingerprint density at radius 1 is 0.941 bits per heavy atom. The summed E-state index contributed by atoms with van der Waals surface area (Å²) in [4.78, 5) is 0. The van der Waals surface area contributed by atoms with Crippen LogP contribution in [0.25, 0.3) is 0 Å². The molecule has 1 aromatic carbocycles. The second kappa shape index (κ2) is 7.53. The van der Waals surface area contributed by atoms with Crippen molar-refractivity contribution in [3.8, 4) is 0 Å². The van der Waals surface area contributed by atoms with Crippen molar-refractivity contribution in [3.63, 3.8) is 0 Å². The lowest BCUT2D eigenvalue weighted by Gasteiger charge is -2.26. The molecule has 2 rings (SSSR count). The molecule has 96 valence electrons. The van der Waals surface area contributed by atoms with Gasteiger partial charge >= 0.3 is 0 Å². The smallest absolute Gasteiger partial charge is 0.0162 e. The molecule has 1 aliphatic carbocycles. The fraction of sp³-hybridized carbons (Fsp3) is 0.647. The minimum absolute atomic E-state index is 0.840. The third-order valence-corrected chi connectivity index (χ3v) is 3.88. The van der Waals surface area contributed by atoms with Gasteiger partial charge < -0.3 is 0 Å². The van der Waals surface area contributed by atoms with E-state index >= 15 is 0 Å². The summed E-state index contributed by atoms with van der Waals surface area (Å²) in [6.45, 7) is 8.60. The zero-order valence-corrected chi connectivity index (χ0v) is 12.0. The Bertz CT molecular complexity index is 288. The average Bonchev–Trinajstić information content (AvgIpc) is 2.42. The van der Waals surface area contributed by atoms with E-state index in [0.29, 0.717) is 0 Å². The number of aryl methyl sites for hydroxylation is 1. The van der Waals surface area contributed by atoms with Crippen molar-refractivity contribution in [2.45, 2.75) is 65.7 Å². The molecule has 0 N–H and O–H groups in total. The summed E-state index contributed by atoms with van der Waals surface area (Å²) >= 11 is 0. The maximum absolute atomic E-state index is 2.39. The molecule has 0 bridgehead atoms. The van der Waals surface area contributed by atoms with E-state index in [2.05, 4.69) is 38.1 Å². The Morgan fingerprint density at radius 2 is 1.47 bits per heavy atom. The largest absolute Gasteiger partial charge is 0.0683 e. The van der Waals surface area contributed by atoms with Crippen molar-refractivity contribution < 1.29 is 0 Å². The van der Waals surface area contributed by atoms with E-state index in [0.717, 1.165) is 18.3 Å². The fourth-order valence-corrected chi connectivity index (χ4v) is 2.62. The molecule has 0 aromatic heterocycles. The first kappa shape index (κ1) is 14.3. The van der Waals surface area contributed by atoms with Crippen molar-refractivity contribution in [1.29, 1.82) is 0 Å². The maximum Gasteiger partial charge on any atom is -0.0162 e. The molecule has 1 aromatic rings. The van der Waals surface area contributed by atoms with Gasteiger partial charge in [0, 0.05) is 0 Å². The van der Waals surface area contributed by atoms with Gasteiger partial charge in [0.2, 0.25) is 0 Å². The van der Waals surface area contributed by atoms with Crippen LogP contribution in [0.2, 0.25) is 0 Å². The number of hydrogen-bond donors (Lipinski definition) is 0. The molecule has 0 radical (unpaired) electrons. The minimum atomic E-state index is 0.840. The highest BCUT2D eigenvalue weighted by Crippen LogP contribution is 2.35. The zero-order chi connectivity index (χ0) is 12.7. The first-order chi connectivity index (χ1) is 8.29. The summed E-state index contributed by atoms with van der Waals surface area (Å²) in [5.74, 6) is 1.79. The molecule has 0 heteroatoms. The highest BCUT2D eigenvalue weighted by Gasteiger charge is 2.19. The van der Waals surface area contributed by atoms with Crippen LogP contribution in [-0.4, -0.2) is 0 Å². The van der Waals surface area contributed by atoms with Crippen LogP contribution in [0.5, 0.6) is 0 Å². The van der Waals surface area contributed by atoms with Gasteiger partial charge in [-0.15, -0.1) is 0 Å². The van der Waals surface area contributed by atoms with Crippen LogP contribution >= 0.6 is 0 Å². The van der Waals surface area contributed by atoms with Crippen LogP contribution in [0.15, 0.2) is 24.3 Å². The molecule has 0 spiro atoms. The van der Waals surface area contributed by atoms with Crippen molar-refractivity contribution >= 4 is 0 Å². The van der Waals surface area contributed by atoms with E-state index < -0.39 is 0 Å². The third-order valence-electron chi connectivity index (χ3n) is 3.88. The molecular weight excluding hydrogens is 204 g/mol. The molecule has 0 unspecified atom stereocenters. The summed E-state index contributed by atoms with van der Waals surface area (Å²) in [5, 5.41) is 0. The van der Waals surface area contributed by atoms with Crippen molar-refractivity contribution in [1.82, 2.24) is 0 Å². The zero-order valence-electron chi connectivity index (χ0n) is 12.0. The van der Waals surface area contributed by atoms with Gasteiger partial charge in [0.25, 0.3) is 0 Å². The van der Waals surface area contributed by atoms with Crippen molar-refractivity contribution in [2.75, 3.05) is 0 Å². The normalized spacial score (nSPS) is 23.8. The molecule has 0 saturated heterocycles. The molecule has 0 aliphatic heterocycles. The molecular formula is C17H28. The molecule has 1 saturated carbocycles. The molecule has 1 aliphatic rings. The lowest BCUT2D eigenvalue weighted by atomic mass is 9.79. The third kappa shape index (κ3) is 4.18. The number of benzene rings is 1. The summed E-state index contributed by atoms with van der Waals surface area (Å²) in [6, 6.07) is 9.29. The first-order valence-corrected chi connectivity index (χ1v) is 7.38. The molecule has 0 amide bonds. The van der Waals surface area contributed by atoms with Crippen LogP contribution < -0.4 is 0 Å². The SMILES string of the molecule is CC.CCc1ccc(C2CCC(C)CC2)cc1. The van der Waals surface area contributed by atoms with E-state index in [-0.39, 0.29) is 0 Å². The van der Waals surface area contributed by atoms with Gasteiger partial charge in [-0.1, -0.05) is 64.8 Å². The van der Waals surface area contributed by atoms with Crippen LogP contribution in [0, 0.1) is 5.92 Å². The van der Waals surface area contributed by atoms with Gasteiger partial charge in [-0.25, -0.2) is 0 Å². The quantitative estimate of drug-likeness (QED) is 0.625. The van der Waals surface area contributed by atoms with Gasteiger partial charge in [0.15, 0.2) is 0 Å². The second-order valence-electron chi connectivity index (χ2n) is 5.05. The molecule has 1 fully saturated rings. The van der Waals surface area contributed by atoms with Crippen molar-refractivity contribution in [2.24, 2.45) is 5.92 Å². The lowest BCUT2D eigenvalue weighted by molar-refractivity contribution is 0.348. The predicted octanol–water partition coefficient (Wildman–Crippen LogP) is 5.57. The summed E-state index contributed by atoms with van der Waals surface area (Å²) in [6.07, 6.45) is 6.78. The topological polar surface area (TPSA) is 0 Å². The Hall–Kier alpha value is -0.780. The summed E-state index contributed by atoms with van der Waals surface area (Å²) < 4.78 is 0. The summed E-state index contributed by atoms with van der Waals surface area (Å²) in [5.41, 5.74) is 3.03. The Morgan fingerprint density at radius 3 is 1.94 bits per heavy atom. The Kier molecular flexibility index (Phi) is 6.32. The van der Waals surface area contributed by atoms with Gasteiger partial charge in [0.1, 0.15) is 0 Å². The highest BCUT2D eigenvalue weighted by atomic mass is 14.2. The second-order valence-corrected chi connectivity index (χ2v) is 5.05. The lowest BCUT2D eigenvalue weighted by Crippen LogP contribution is -2.10. The standard InChI is InChI=1S/C15H22.C2H6/c1-3-13-6-10-15(11-7-13)14-8-4-12(2)5-9-14;1-2/h6-7,10-12,14H,3-5,8-9H2,1-2H3;1-2H3. The van der Waals surface area contributed by atoms with Gasteiger partial charge in [0.05, 0.1) is 0 Å². The van der Waals surface area contributed by atoms with Gasteiger partial charge in [-0.3, -0.25) is 0 Å². The maximum atomic E-state index is 2.39. The van der Waals surface area contributed by atoms with Gasteiger partial charge in [-0.2, -0.15) is 0 Å². The molecule has 0 heterocycles. The first-order valence-electron chi connectivity index (χ1n) is 7.38. The minimum Gasteiger partial charge on any atom is -0.0683 e. The van der Waals surface area contributed by atoms with Crippen LogP contribution in [0.4, 0.5) is 0 Å². The number of hydrogen-bond acceptors (Lipinski definition) is 0. The Balaban J connectivity index is 0.000000686. The van der Waals surface area contributed by atoms with Gasteiger partial charge in [-0.05, 0) is 42.2 Å².